The zero-order valence-electron chi connectivity index (χ0n) is 15.1. The first-order chi connectivity index (χ1) is 13.6. The molecule has 0 unspecified atom stereocenters. The summed E-state index contributed by atoms with van der Waals surface area (Å²) >= 11 is 0. The molecule has 1 saturated heterocycles. The van der Waals surface area contributed by atoms with Gasteiger partial charge in [0, 0.05) is 18.5 Å². The van der Waals surface area contributed by atoms with Crippen molar-refractivity contribution >= 4 is 22.8 Å². The highest BCUT2D eigenvalue weighted by Crippen LogP contribution is 2.33. The second kappa shape index (κ2) is 7.31. The van der Waals surface area contributed by atoms with E-state index in [2.05, 4.69) is 21.6 Å². The van der Waals surface area contributed by atoms with Crippen molar-refractivity contribution < 1.29 is 14.7 Å². The van der Waals surface area contributed by atoms with Crippen LogP contribution in [0.5, 0.6) is 0 Å². The number of para-hydroxylation sites is 1. The highest BCUT2D eigenvalue weighted by atomic mass is 16.7. The Hall–Kier alpha value is -3.41. The molecule has 2 heterocycles. The first-order valence-corrected chi connectivity index (χ1v) is 8.97. The van der Waals surface area contributed by atoms with E-state index in [0.717, 1.165) is 10.9 Å². The number of nitriles is 1. The van der Waals surface area contributed by atoms with Gasteiger partial charge in [-0.3, -0.25) is 10.4 Å². The highest BCUT2D eigenvalue weighted by Gasteiger charge is 2.35. The van der Waals surface area contributed by atoms with Gasteiger partial charge in [0.1, 0.15) is 0 Å². The van der Waals surface area contributed by atoms with Gasteiger partial charge in [0.15, 0.2) is 5.82 Å². The van der Waals surface area contributed by atoms with E-state index in [1.807, 2.05) is 30.3 Å². The van der Waals surface area contributed by atoms with Crippen LogP contribution in [0.25, 0.3) is 10.9 Å². The summed E-state index contributed by atoms with van der Waals surface area (Å²) in [5.41, 5.74) is 0.996. The molecule has 3 N–H and O–H groups in total. The number of piperidine rings is 1. The Morgan fingerprint density at radius 2 is 2.04 bits per heavy atom. The van der Waals surface area contributed by atoms with Gasteiger partial charge in [-0.1, -0.05) is 24.3 Å². The van der Waals surface area contributed by atoms with Gasteiger partial charge < -0.3 is 9.94 Å². The number of rotatable bonds is 3. The number of carbonyl (C=O) groups is 1. The maximum Gasteiger partial charge on any atom is 0.432 e. The minimum atomic E-state index is -1.04. The molecule has 0 radical (unpaired) electrons. The van der Waals surface area contributed by atoms with Gasteiger partial charge in [-0.15, -0.1) is 5.06 Å². The van der Waals surface area contributed by atoms with Gasteiger partial charge in [-0.25, -0.2) is 4.79 Å². The minimum absolute atomic E-state index is 0.377. The smallest absolute Gasteiger partial charge is 0.385 e. The lowest BCUT2D eigenvalue weighted by atomic mass is 9.84. The van der Waals surface area contributed by atoms with Crippen molar-refractivity contribution in [3.05, 3.63) is 59.7 Å². The largest absolute Gasteiger partial charge is 0.432 e. The molecule has 3 aromatic rings. The van der Waals surface area contributed by atoms with Crippen LogP contribution >= 0.6 is 0 Å². The topological polar surface area (TPSA) is 114 Å². The molecule has 0 saturated carbocycles. The number of fused-ring (bicyclic) bond motifs is 1. The monoisotopic (exact) mass is 377 g/mol. The molecule has 8 nitrogen and oxygen atoms in total. The lowest BCUT2D eigenvalue weighted by molar-refractivity contribution is -0.148. The number of aliphatic hydroxyl groups is 1. The van der Waals surface area contributed by atoms with E-state index in [-0.39, 0.29) is 0 Å². The minimum Gasteiger partial charge on any atom is -0.385 e. The summed E-state index contributed by atoms with van der Waals surface area (Å²) in [5.74, 6) is 0.405. The molecule has 1 fully saturated rings. The number of anilines is 1. The van der Waals surface area contributed by atoms with Crippen LogP contribution in [0.15, 0.2) is 48.5 Å². The Kier molecular flexibility index (Phi) is 4.69. The van der Waals surface area contributed by atoms with E-state index >= 15 is 0 Å². The van der Waals surface area contributed by atoms with E-state index in [1.54, 1.807) is 18.2 Å². The van der Waals surface area contributed by atoms with Crippen LogP contribution in [0.4, 0.5) is 10.6 Å². The summed E-state index contributed by atoms with van der Waals surface area (Å²) in [5, 5.41) is 31.9. The van der Waals surface area contributed by atoms with E-state index < -0.39 is 11.7 Å². The summed E-state index contributed by atoms with van der Waals surface area (Å²) in [4.78, 5) is 17.6. The van der Waals surface area contributed by atoms with Crippen LogP contribution in [0.3, 0.4) is 0 Å². The summed E-state index contributed by atoms with van der Waals surface area (Å²) in [6.07, 6.45) is 0.148. The second-order valence-corrected chi connectivity index (χ2v) is 6.77. The summed E-state index contributed by atoms with van der Waals surface area (Å²) in [6.45, 7) is 0.754. The average Bonchev–Trinajstić information content (AvgIpc) is 3.13. The van der Waals surface area contributed by atoms with Crippen molar-refractivity contribution in [3.8, 4) is 6.07 Å². The number of H-pyrrole nitrogens is 1. The van der Waals surface area contributed by atoms with Crippen molar-refractivity contribution in [1.82, 2.24) is 15.3 Å². The number of hydrogen-bond acceptors (Lipinski definition) is 6. The van der Waals surface area contributed by atoms with Crippen molar-refractivity contribution in [2.45, 2.75) is 18.4 Å². The maximum absolute atomic E-state index is 12.2. The molecule has 2 aromatic carbocycles. The molecule has 0 bridgehead atoms. The molecule has 142 valence electrons. The number of nitrogens with zero attached hydrogens (tertiary/aromatic N) is 3. The second-order valence-electron chi connectivity index (χ2n) is 6.77. The van der Waals surface area contributed by atoms with E-state index in [9.17, 15) is 9.90 Å². The van der Waals surface area contributed by atoms with Crippen LogP contribution in [0.2, 0.25) is 0 Å². The zero-order valence-corrected chi connectivity index (χ0v) is 15.1. The molecule has 0 aliphatic carbocycles. The van der Waals surface area contributed by atoms with Crippen molar-refractivity contribution in [1.29, 1.82) is 5.26 Å². The van der Waals surface area contributed by atoms with Gasteiger partial charge in [-0.2, -0.15) is 10.4 Å². The quantitative estimate of drug-likeness (QED) is 0.647. The molecular weight excluding hydrogens is 358 g/mol. The maximum atomic E-state index is 12.2. The number of carbonyl (C=O) groups excluding carboxylic acids is 1. The van der Waals surface area contributed by atoms with Gasteiger partial charge >= 0.3 is 6.09 Å². The fourth-order valence-corrected chi connectivity index (χ4v) is 3.41. The predicted molar refractivity (Wildman–Crippen MR) is 102 cm³/mol. The Balaban J connectivity index is 1.36. The summed E-state index contributed by atoms with van der Waals surface area (Å²) in [6, 6.07) is 16.5. The third-order valence-corrected chi connectivity index (χ3v) is 4.98. The van der Waals surface area contributed by atoms with Gasteiger partial charge in [0.25, 0.3) is 0 Å². The summed E-state index contributed by atoms with van der Waals surface area (Å²) < 4.78 is 0. The number of hydroxylamine groups is 2. The summed E-state index contributed by atoms with van der Waals surface area (Å²) in [7, 11) is 0. The number of nitrogens with one attached hydrogen (secondary N) is 2. The van der Waals surface area contributed by atoms with E-state index in [4.69, 9.17) is 10.1 Å². The Labute approximate surface area is 161 Å². The molecular formula is C20H19N5O3. The Bertz CT molecular complexity index is 1050. The predicted octanol–water partition coefficient (Wildman–Crippen LogP) is 2.88. The fraction of sp³-hybridized carbons (Fsp3) is 0.250. The van der Waals surface area contributed by atoms with Crippen LogP contribution < -0.4 is 5.32 Å². The van der Waals surface area contributed by atoms with Gasteiger partial charge in [0.2, 0.25) is 0 Å². The highest BCUT2D eigenvalue weighted by molar-refractivity contribution is 5.96. The fourth-order valence-electron chi connectivity index (χ4n) is 3.41. The zero-order chi connectivity index (χ0) is 19.6. The number of amides is 1. The molecule has 0 atom stereocenters. The standard InChI is InChI=1S/C20H19N5O3/c21-13-14-4-3-5-15(12-14)20(27)8-10-25(11-9-20)28-19(26)22-18-16-6-1-2-7-17(16)23-24-18/h1-7,12,27H,8-11H2,(H2,22,23,24,26). The first-order valence-electron chi connectivity index (χ1n) is 8.97. The van der Waals surface area contributed by atoms with Gasteiger partial charge in [0.05, 0.1) is 22.8 Å². The van der Waals surface area contributed by atoms with Crippen molar-refractivity contribution in [2.24, 2.45) is 0 Å². The third-order valence-electron chi connectivity index (χ3n) is 4.98. The van der Waals surface area contributed by atoms with Crippen molar-refractivity contribution in [2.75, 3.05) is 18.4 Å². The molecule has 1 aliphatic heterocycles. The van der Waals surface area contributed by atoms with E-state index in [1.165, 1.54) is 5.06 Å². The van der Waals surface area contributed by atoms with Crippen LogP contribution in [-0.2, 0) is 10.4 Å². The Morgan fingerprint density at radius 1 is 1.25 bits per heavy atom. The normalized spacial score (nSPS) is 16.4. The number of aromatic nitrogens is 2. The number of benzene rings is 2. The average molecular weight is 377 g/mol. The first kappa shape index (κ1) is 18.0. The SMILES string of the molecule is N#Cc1cccc(C2(O)CCN(OC(=O)Nc3n[nH]c4ccccc34)CC2)c1. The van der Waals surface area contributed by atoms with Crippen LogP contribution in [0, 0.1) is 11.3 Å². The molecule has 4 rings (SSSR count). The molecule has 8 heteroatoms. The van der Waals surface area contributed by atoms with Crippen LogP contribution in [0.1, 0.15) is 24.0 Å². The Morgan fingerprint density at radius 3 is 2.82 bits per heavy atom. The lowest BCUT2D eigenvalue weighted by Crippen LogP contribution is -2.44. The molecule has 0 spiro atoms. The van der Waals surface area contributed by atoms with Crippen LogP contribution in [-0.4, -0.2) is 39.5 Å². The molecule has 28 heavy (non-hydrogen) atoms. The molecule has 1 aliphatic rings. The molecule has 1 amide bonds. The van der Waals surface area contributed by atoms with Crippen molar-refractivity contribution in [3.63, 3.8) is 0 Å². The number of aromatic amines is 1. The van der Waals surface area contributed by atoms with E-state index in [0.29, 0.717) is 42.9 Å². The third kappa shape index (κ3) is 3.53. The number of hydrogen-bond donors (Lipinski definition) is 3. The lowest BCUT2D eigenvalue weighted by Gasteiger charge is -2.37. The van der Waals surface area contributed by atoms with Gasteiger partial charge in [-0.05, 0) is 42.7 Å². The molecule has 1 aromatic heterocycles.